The van der Waals surface area contributed by atoms with Crippen molar-refractivity contribution in [3.05, 3.63) is 47.0 Å². The van der Waals surface area contributed by atoms with Crippen molar-refractivity contribution in [2.24, 2.45) is 0 Å². The first-order chi connectivity index (χ1) is 7.18. The summed E-state index contributed by atoms with van der Waals surface area (Å²) in [5, 5.41) is 2.80. The molecule has 0 aromatic heterocycles. The van der Waals surface area contributed by atoms with Gasteiger partial charge in [0.15, 0.2) is 0 Å². The third kappa shape index (κ3) is 2.05. The number of benzene rings is 1. The van der Waals surface area contributed by atoms with Crippen molar-refractivity contribution in [1.82, 2.24) is 5.32 Å². The lowest BCUT2D eigenvalue weighted by Gasteiger charge is -2.30. The molecule has 3 heteroatoms. The molecule has 2 rings (SSSR count). The van der Waals surface area contributed by atoms with Crippen LogP contribution in [0.15, 0.2) is 35.9 Å². The van der Waals surface area contributed by atoms with Crippen molar-refractivity contribution in [1.29, 1.82) is 0 Å². The largest absolute Gasteiger partial charge is 0.351 e. The Kier molecular flexibility index (Phi) is 2.78. The van der Waals surface area contributed by atoms with Crippen molar-refractivity contribution < 1.29 is 4.79 Å². The normalized spacial score (nSPS) is 17.5. The minimum atomic E-state index is -0.277. The van der Waals surface area contributed by atoms with Gasteiger partial charge in [0.2, 0.25) is 0 Å². The Hall–Kier alpha value is -1.28. The van der Waals surface area contributed by atoms with Crippen LogP contribution in [0.5, 0.6) is 0 Å². The van der Waals surface area contributed by atoms with E-state index in [0.29, 0.717) is 12.5 Å². The standard InChI is InChI=1S/C12H12ClNO/c1-8(13)12(15)14-7-10-6-9-4-2-3-5-11(9)10/h2-5,10H,1,6-7H2,(H,14,15). The molecule has 0 radical (unpaired) electrons. The van der Waals surface area contributed by atoms with Gasteiger partial charge in [0.1, 0.15) is 0 Å². The summed E-state index contributed by atoms with van der Waals surface area (Å²) >= 11 is 5.47. The molecule has 15 heavy (non-hydrogen) atoms. The number of rotatable bonds is 3. The molecular weight excluding hydrogens is 210 g/mol. The van der Waals surface area contributed by atoms with Crippen LogP contribution in [-0.4, -0.2) is 12.5 Å². The highest BCUT2D eigenvalue weighted by Crippen LogP contribution is 2.33. The summed E-state index contributed by atoms with van der Waals surface area (Å²) in [7, 11) is 0. The fourth-order valence-electron chi connectivity index (χ4n) is 1.86. The predicted molar refractivity (Wildman–Crippen MR) is 60.9 cm³/mol. The Morgan fingerprint density at radius 2 is 2.27 bits per heavy atom. The molecule has 1 aliphatic rings. The van der Waals surface area contributed by atoms with Crippen molar-refractivity contribution in [3.8, 4) is 0 Å². The molecule has 0 saturated carbocycles. The third-order valence-electron chi connectivity index (χ3n) is 2.72. The second-order valence-electron chi connectivity index (χ2n) is 3.71. The van der Waals surface area contributed by atoms with Gasteiger partial charge in [0.25, 0.3) is 5.91 Å². The molecule has 1 aromatic carbocycles. The van der Waals surface area contributed by atoms with Gasteiger partial charge in [0, 0.05) is 12.5 Å². The van der Waals surface area contributed by atoms with E-state index in [1.54, 1.807) is 0 Å². The Bertz CT molecular complexity index is 414. The van der Waals surface area contributed by atoms with Crippen LogP contribution in [0, 0.1) is 0 Å². The number of nitrogens with one attached hydrogen (secondary N) is 1. The van der Waals surface area contributed by atoms with Crippen molar-refractivity contribution in [3.63, 3.8) is 0 Å². The van der Waals surface area contributed by atoms with Gasteiger partial charge in [-0.1, -0.05) is 42.4 Å². The summed E-state index contributed by atoms with van der Waals surface area (Å²) in [5.41, 5.74) is 2.71. The zero-order valence-electron chi connectivity index (χ0n) is 8.29. The first kappa shape index (κ1) is 10.2. The van der Waals surface area contributed by atoms with E-state index in [-0.39, 0.29) is 10.9 Å². The van der Waals surface area contributed by atoms with Gasteiger partial charge in [-0.25, -0.2) is 0 Å². The molecule has 1 N–H and O–H groups in total. The highest BCUT2D eigenvalue weighted by molar-refractivity contribution is 6.41. The van der Waals surface area contributed by atoms with E-state index in [2.05, 4.69) is 24.0 Å². The van der Waals surface area contributed by atoms with Crippen LogP contribution in [-0.2, 0) is 11.2 Å². The lowest BCUT2D eigenvalue weighted by atomic mass is 9.77. The smallest absolute Gasteiger partial charge is 0.262 e. The number of fused-ring (bicyclic) bond motifs is 1. The number of carbonyl (C=O) groups excluding carboxylic acids is 1. The van der Waals surface area contributed by atoms with Crippen LogP contribution in [0.2, 0.25) is 0 Å². The summed E-state index contributed by atoms with van der Waals surface area (Å²) in [6, 6.07) is 8.28. The van der Waals surface area contributed by atoms with Crippen LogP contribution >= 0.6 is 11.6 Å². The SMILES string of the molecule is C=C(Cl)C(=O)NCC1Cc2ccccc21. The average Bonchev–Trinajstić information content (AvgIpc) is 2.19. The number of hydrogen-bond acceptors (Lipinski definition) is 1. The summed E-state index contributed by atoms with van der Waals surface area (Å²) in [4.78, 5) is 11.2. The predicted octanol–water partition coefficient (Wildman–Crippen LogP) is 2.20. The van der Waals surface area contributed by atoms with Crippen molar-refractivity contribution >= 4 is 17.5 Å². The third-order valence-corrected chi connectivity index (χ3v) is 2.89. The summed E-state index contributed by atoms with van der Waals surface area (Å²) < 4.78 is 0. The molecule has 1 aromatic rings. The fraction of sp³-hybridized carbons (Fsp3) is 0.250. The molecule has 0 aliphatic heterocycles. The maximum Gasteiger partial charge on any atom is 0.262 e. The Labute approximate surface area is 93.9 Å². The van der Waals surface area contributed by atoms with Crippen LogP contribution in [0.1, 0.15) is 17.0 Å². The minimum Gasteiger partial charge on any atom is -0.351 e. The molecule has 0 saturated heterocycles. The quantitative estimate of drug-likeness (QED) is 0.779. The van der Waals surface area contributed by atoms with Crippen LogP contribution in [0.3, 0.4) is 0 Å². The second-order valence-corrected chi connectivity index (χ2v) is 4.17. The van der Waals surface area contributed by atoms with Gasteiger partial charge in [-0.2, -0.15) is 0 Å². The molecular formula is C12H12ClNO. The maximum absolute atomic E-state index is 11.2. The molecule has 1 atom stereocenters. The lowest BCUT2D eigenvalue weighted by molar-refractivity contribution is -0.116. The molecule has 0 fully saturated rings. The molecule has 1 aliphatic carbocycles. The van der Waals surface area contributed by atoms with E-state index in [0.717, 1.165) is 6.42 Å². The summed E-state index contributed by atoms with van der Waals surface area (Å²) in [6.45, 7) is 4.02. The Morgan fingerprint density at radius 1 is 1.53 bits per heavy atom. The van der Waals surface area contributed by atoms with Crippen LogP contribution < -0.4 is 5.32 Å². The van der Waals surface area contributed by atoms with Crippen LogP contribution in [0.25, 0.3) is 0 Å². The molecule has 0 heterocycles. The van der Waals surface area contributed by atoms with E-state index in [4.69, 9.17) is 11.6 Å². The van der Waals surface area contributed by atoms with Gasteiger partial charge in [-0.3, -0.25) is 4.79 Å². The van der Waals surface area contributed by atoms with E-state index < -0.39 is 0 Å². The zero-order chi connectivity index (χ0) is 10.8. The number of amides is 1. The molecule has 0 bridgehead atoms. The van der Waals surface area contributed by atoms with E-state index in [9.17, 15) is 4.79 Å². The highest BCUT2D eigenvalue weighted by Gasteiger charge is 2.25. The number of hydrogen-bond donors (Lipinski definition) is 1. The average molecular weight is 222 g/mol. The Balaban J connectivity index is 1.90. The van der Waals surface area contributed by atoms with Gasteiger partial charge in [-0.15, -0.1) is 0 Å². The minimum absolute atomic E-state index is 0.0441. The highest BCUT2D eigenvalue weighted by atomic mass is 35.5. The van der Waals surface area contributed by atoms with Gasteiger partial charge < -0.3 is 5.32 Å². The van der Waals surface area contributed by atoms with Gasteiger partial charge in [0.05, 0.1) is 5.03 Å². The van der Waals surface area contributed by atoms with Gasteiger partial charge >= 0.3 is 0 Å². The Morgan fingerprint density at radius 3 is 2.93 bits per heavy atom. The number of carbonyl (C=O) groups is 1. The molecule has 1 amide bonds. The monoisotopic (exact) mass is 221 g/mol. The van der Waals surface area contributed by atoms with Crippen molar-refractivity contribution in [2.75, 3.05) is 6.54 Å². The number of halogens is 1. The summed E-state index contributed by atoms with van der Waals surface area (Å²) in [5.74, 6) is 0.155. The van der Waals surface area contributed by atoms with Crippen molar-refractivity contribution in [2.45, 2.75) is 12.3 Å². The molecule has 78 valence electrons. The molecule has 1 unspecified atom stereocenters. The topological polar surface area (TPSA) is 29.1 Å². The summed E-state index contributed by atoms with van der Waals surface area (Å²) in [6.07, 6.45) is 1.03. The van der Waals surface area contributed by atoms with Gasteiger partial charge in [-0.05, 0) is 17.5 Å². The zero-order valence-corrected chi connectivity index (χ0v) is 9.05. The van der Waals surface area contributed by atoms with E-state index >= 15 is 0 Å². The second kappa shape index (κ2) is 4.07. The molecule has 0 spiro atoms. The lowest BCUT2D eigenvalue weighted by Crippen LogP contribution is -2.33. The van der Waals surface area contributed by atoms with E-state index in [1.165, 1.54) is 11.1 Å². The maximum atomic E-state index is 11.2. The van der Waals surface area contributed by atoms with E-state index in [1.807, 2.05) is 12.1 Å². The fourth-order valence-corrected chi connectivity index (χ4v) is 1.92. The van der Waals surface area contributed by atoms with Crippen LogP contribution in [0.4, 0.5) is 0 Å². The molecule has 2 nitrogen and oxygen atoms in total. The first-order valence-corrected chi connectivity index (χ1v) is 5.26. The first-order valence-electron chi connectivity index (χ1n) is 4.89.